The molecule has 2 aliphatic rings. The molecule has 190 valence electrons. The van der Waals surface area contributed by atoms with Crippen molar-refractivity contribution in [3.8, 4) is 33.4 Å². The van der Waals surface area contributed by atoms with Gasteiger partial charge in [-0.2, -0.15) is 0 Å². The third-order valence-corrected chi connectivity index (χ3v) is 8.92. The summed E-state index contributed by atoms with van der Waals surface area (Å²) in [7, 11) is 0. The van der Waals surface area contributed by atoms with Crippen LogP contribution in [0.5, 0.6) is 0 Å². The van der Waals surface area contributed by atoms with E-state index in [1.54, 1.807) is 0 Å². The third-order valence-electron chi connectivity index (χ3n) is 8.47. The zero-order valence-electron chi connectivity index (χ0n) is 22.5. The molecule has 40 heavy (non-hydrogen) atoms. The van der Waals surface area contributed by atoms with Crippen LogP contribution in [0.3, 0.4) is 0 Å². The molecule has 0 aromatic heterocycles. The van der Waals surface area contributed by atoms with Gasteiger partial charge in [-0.05, 0) is 91.0 Å². The largest absolute Gasteiger partial charge is 0.0843 e. The average Bonchev–Trinajstić information content (AvgIpc) is 3.49. The zero-order valence-corrected chi connectivity index (χ0v) is 23.0. The van der Waals surface area contributed by atoms with Crippen LogP contribution in [0.2, 0.25) is 10.0 Å². The maximum Gasteiger partial charge on any atom is 0.0623 e. The molecule has 2 heteroatoms. The molecule has 0 amide bonds. The molecule has 0 radical (unpaired) electrons. The van der Waals surface area contributed by atoms with E-state index < -0.39 is 0 Å². The van der Waals surface area contributed by atoms with E-state index in [9.17, 15) is 0 Å². The molecule has 0 nitrogen and oxygen atoms in total. The second-order valence-electron chi connectivity index (χ2n) is 10.7. The Balaban J connectivity index is 1.25. The number of hydrogen-bond acceptors (Lipinski definition) is 0. The monoisotopic (exact) mass is 551 g/mol. The fraction of sp³-hybridized carbons (Fsp3) is 0.0526. The smallest absolute Gasteiger partial charge is 0.0623 e. The summed E-state index contributed by atoms with van der Waals surface area (Å²) in [5.74, 6) is 0.213. The molecule has 0 spiro atoms. The molecule has 8 rings (SSSR count). The fourth-order valence-electron chi connectivity index (χ4n) is 6.83. The maximum atomic E-state index is 8.22. The lowest BCUT2D eigenvalue weighted by atomic mass is 9.86. The van der Waals surface area contributed by atoms with E-state index in [2.05, 4.69) is 109 Å². The van der Waals surface area contributed by atoms with E-state index in [4.69, 9.17) is 24.6 Å². The summed E-state index contributed by atoms with van der Waals surface area (Å²) >= 11 is 13.3. The Morgan fingerprint density at radius 2 is 1.05 bits per heavy atom. The molecule has 0 heterocycles. The molecule has 2 atom stereocenters. The topological polar surface area (TPSA) is 0 Å². The van der Waals surface area contributed by atoms with E-state index in [0.29, 0.717) is 6.04 Å². The van der Waals surface area contributed by atoms with Crippen LogP contribution in [0, 0.1) is 0 Å². The fourth-order valence-corrected chi connectivity index (χ4v) is 7.24. The van der Waals surface area contributed by atoms with Crippen molar-refractivity contribution in [1.29, 1.82) is 0 Å². The highest BCUT2D eigenvalue weighted by atomic mass is 35.5. The summed E-state index contributed by atoms with van der Waals surface area (Å²) in [5.41, 5.74) is 14.5. The summed E-state index contributed by atoms with van der Waals surface area (Å²) in [6.07, 6.45) is 0. The van der Waals surface area contributed by atoms with Gasteiger partial charge in [0.15, 0.2) is 0 Å². The van der Waals surface area contributed by atoms with E-state index in [-0.39, 0.29) is 11.8 Å². The Bertz CT molecular complexity index is 2010. The molecule has 0 saturated carbocycles. The first-order chi connectivity index (χ1) is 20.0. The Labute approximate surface area is 245 Å². The first kappa shape index (κ1) is 22.7. The first-order valence-electron chi connectivity index (χ1n) is 14.0. The Hall–Kier alpha value is -4.10. The summed E-state index contributed by atoms with van der Waals surface area (Å²) < 4.78 is 8.22. The van der Waals surface area contributed by atoms with Gasteiger partial charge < -0.3 is 0 Å². The molecule has 0 aliphatic heterocycles. The molecule has 0 N–H and O–H groups in total. The first-order valence-corrected chi connectivity index (χ1v) is 14.3. The Morgan fingerprint density at radius 3 is 1.85 bits per heavy atom. The van der Waals surface area contributed by atoms with Crippen molar-refractivity contribution in [2.24, 2.45) is 0 Å². The molecule has 2 aliphatic carbocycles. The molecule has 2 unspecified atom stereocenters. The van der Waals surface area contributed by atoms with Crippen molar-refractivity contribution in [1.82, 2.24) is 0 Å². The van der Waals surface area contributed by atoms with Crippen LogP contribution in [0.25, 0.3) is 33.4 Å². The van der Waals surface area contributed by atoms with Gasteiger partial charge in [-0.3, -0.25) is 0 Å². The van der Waals surface area contributed by atoms with Gasteiger partial charge in [-0.1, -0.05) is 132 Å². The average molecular weight is 553 g/mol. The van der Waals surface area contributed by atoms with Crippen LogP contribution >= 0.6 is 23.2 Å². The van der Waals surface area contributed by atoms with Crippen LogP contribution in [0.4, 0.5) is 0 Å². The number of benzene rings is 6. The van der Waals surface area contributed by atoms with Crippen LogP contribution in [-0.4, -0.2) is 0 Å². The van der Waals surface area contributed by atoms with Crippen molar-refractivity contribution >= 4 is 23.2 Å². The third kappa shape index (κ3) is 3.68. The summed E-state index contributed by atoms with van der Waals surface area (Å²) in [5, 5.41) is 1.47. The van der Waals surface area contributed by atoms with Gasteiger partial charge in [0.05, 0.1) is 1.37 Å². The summed E-state index contributed by atoms with van der Waals surface area (Å²) in [4.78, 5) is 0. The summed E-state index contributed by atoms with van der Waals surface area (Å²) in [6, 6.07) is 45.2. The highest BCUT2D eigenvalue weighted by molar-refractivity contribution is 6.31. The van der Waals surface area contributed by atoms with Gasteiger partial charge >= 0.3 is 0 Å². The van der Waals surface area contributed by atoms with Gasteiger partial charge in [0, 0.05) is 21.9 Å². The molecule has 6 aromatic carbocycles. The number of halogens is 2. The zero-order chi connectivity index (χ0) is 27.7. The van der Waals surface area contributed by atoms with Gasteiger partial charge in [0.25, 0.3) is 0 Å². The minimum Gasteiger partial charge on any atom is -0.0843 e. The minimum absolute atomic E-state index is 0.0896. The van der Waals surface area contributed by atoms with E-state index in [0.717, 1.165) is 26.7 Å². The van der Waals surface area contributed by atoms with Crippen molar-refractivity contribution < 1.29 is 1.37 Å². The molecule has 0 fully saturated rings. The van der Waals surface area contributed by atoms with Crippen molar-refractivity contribution in [3.05, 3.63) is 177 Å². The molecule has 6 aromatic rings. The standard InChI is InChI=1S/C38H24Cl2/c39-27-16-17-35-36(22-27)31-12-3-6-15-34(31)38(35)26-19-25(20-28(40)21-26)23-8-7-9-24(18-23)37-32-13-4-1-10-29(32)30-11-2-5-14-33(30)37/h1-22,37-38H/i1D. The highest BCUT2D eigenvalue weighted by Crippen LogP contribution is 2.50. The van der Waals surface area contributed by atoms with E-state index in [1.165, 1.54) is 50.1 Å². The highest BCUT2D eigenvalue weighted by Gasteiger charge is 2.31. The predicted octanol–water partition coefficient (Wildman–Crippen LogP) is 11.0. The maximum absolute atomic E-state index is 8.22. The molecular weight excluding hydrogens is 527 g/mol. The number of hydrogen-bond donors (Lipinski definition) is 0. The SMILES string of the molecule is [2H]c1ccc2c(c1)-c1ccccc1C2c1cccc(-c2cc(Cl)cc(C3c4ccccc4-c4cc(Cl)ccc43)c2)c1. The van der Waals surface area contributed by atoms with Crippen LogP contribution in [-0.2, 0) is 0 Å². The summed E-state index contributed by atoms with van der Waals surface area (Å²) in [6.45, 7) is 0. The van der Waals surface area contributed by atoms with Gasteiger partial charge in [0.1, 0.15) is 0 Å². The predicted molar refractivity (Wildman–Crippen MR) is 168 cm³/mol. The lowest BCUT2D eigenvalue weighted by Gasteiger charge is -2.18. The normalized spacial score (nSPS) is 16.6. The lowest BCUT2D eigenvalue weighted by Crippen LogP contribution is -2.01. The second kappa shape index (κ2) is 9.24. The van der Waals surface area contributed by atoms with Crippen LogP contribution < -0.4 is 0 Å². The molecule has 0 bridgehead atoms. The second-order valence-corrected chi connectivity index (χ2v) is 11.6. The van der Waals surface area contributed by atoms with Crippen LogP contribution in [0.15, 0.2) is 133 Å². The van der Waals surface area contributed by atoms with Crippen molar-refractivity contribution in [2.75, 3.05) is 0 Å². The molecule has 0 saturated heterocycles. The van der Waals surface area contributed by atoms with Crippen molar-refractivity contribution in [2.45, 2.75) is 11.8 Å². The Morgan fingerprint density at radius 1 is 0.425 bits per heavy atom. The Kier molecular flexibility index (Phi) is 5.24. The van der Waals surface area contributed by atoms with Crippen LogP contribution in [0.1, 0.15) is 46.6 Å². The minimum atomic E-state index is 0.0896. The number of rotatable bonds is 3. The van der Waals surface area contributed by atoms with Gasteiger partial charge in [-0.15, -0.1) is 0 Å². The van der Waals surface area contributed by atoms with Gasteiger partial charge in [-0.25, -0.2) is 0 Å². The van der Waals surface area contributed by atoms with Crippen molar-refractivity contribution in [3.63, 3.8) is 0 Å². The number of fused-ring (bicyclic) bond motifs is 6. The quantitative estimate of drug-likeness (QED) is 0.205. The lowest BCUT2D eigenvalue weighted by molar-refractivity contribution is 1.01. The molecular formula is C38H24Cl2. The van der Waals surface area contributed by atoms with E-state index >= 15 is 0 Å². The van der Waals surface area contributed by atoms with Gasteiger partial charge in [0.2, 0.25) is 0 Å². The van der Waals surface area contributed by atoms with E-state index in [1.807, 2.05) is 18.2 Å².